The minimum Gasteiger partial charge on any atom is -0.459 e. The van der Waals surface area contributed by atoms with E-state index in [4.69, 9.17) is 4.74 Å². The maximum Gasteiger partial charge on any atom is 0.324 e. The number of hydrogen-bond donors (Lipinski definition) is 0. The Morgan fingerprint density at radius 1 is 1.15 bits per heavy atom. The molecule has 0 unspecified atom stereocenters. The van der Waals surface area contributed by atoms with E-state index < -0.39 is 5.60 Å². The molecule has 1 aromatic carbocycles. The van der Waals surface area contributed by atoms with Crippen LogP contribution in [0, 0.1) is 11.3 Å². The van der Waals surface area contributed by atoms with Crippen LogP contribution in [0.4, 0.5) is 0 Å². The fourth-order valence-electron chi connectivity index (χ4n) is 6.25. The maximum atomic E-state index is 13.0. The number of nitrogens with zero attached hydrogens (tertiary/aromatic N) is 1. The first-order valence-electron chi connectivity index (χ1n) is 10.7. The number of benzene rings is 1. The number of carbonyl (C=O) groups excluding carboxylic acids is 1. The lowest BCUT2D eigenvalue weighted by Gasteiger charge is -2.74. The molecule has 4 aliphatic rings. The van der Waals surface area contributed by atoms with Crippen LogP contribution in [0.25, 0.3) is 0 Å². The standard InChI is InChI=1S/C24H35NO2/c1-17(2)20(21(26)27-22(3,4)5)25-13-9-12-19(25)24-14-23(15-24,16-24)18-10-7-6-8-11-18/h6-8,10-11,17,19-20H,9,12-16H2,1-5H3/t19-,20-,23?,24?/m0/s1. The van der Waals surface area contributed by atoms with Crippen LogP contribution in [0.1, 0.15) is 72.3 Å². The third kappa shape index (κ3) is 3.12. The average molecular weight is 370 g/mol. The zero-order chi connectivity index (χ0) is 19.4. The SMILES string of the molecule is CC(C)[C@@H](C(=O)OC(C)(C)C)N1CCC[C@H]1C12CC(c3ccccc3)(C1)C2. The molecule has 2 atom stereocenters. The van der Waals surface area contributed by atoms with E-state index in [1.54, 1.807) is 0 Å². The van der Waals surface area contributed by atoms with E-state index in [1.165, 1.54) is 37.7 Å². The summed E-state index contributed by atoms with van der Waals surface area (Å²) < 4.78 is 5.81. The summed E-state index contributed by atoms with van der Waals surface area (Å²) in [6.45, 7) is 11.3. The van der Waals surface area contributed by atoms with Crippen LogP contribution >= 0.6 is 0 Å². The number of hydrogen-bond acceptors (Lipinski definition) is 3. The molecule has 0 aromatic heterocycles. The summed E-state index contributed by atoms with van der Waals surface area (Å²) in [5.74, 6) is 0.240. The highest BCUT2D eigenvalue weighted by molar-refractivity contribution is 5.76. The Kier molecular flexibility index (Phi) is 4.46. The second-order valence-corrected chi connectivity index (χ2v) is 10.7. The number of ether oxygens (including phenoxy) is 1. The maximum absolute atomic E-state index is 13.0. The van der Waals surface area contributed by atoms with E-state index in [0.717, 1.165) is 6.54 Å². The van der Waals surface area contributed by atoms with Crippen molar-refractivity contribution in [3.8, 4) is 0 Å². The molecule has 0 N–H and O–H groups in total. The fourth-order valence-corrected chi connectivity index (χ4v) is 6.25. The van der Waals surface area contributed by atoms with E-state index in [0.29, 0.717) is 16.9 Å². The van der Waals surface area contributed by atoms with Crippen molar-refractivity contribution in [2.24, 2.45) is 11.3 Å². The normalized spacial score (nSPS) is 34.1. The molecule has 1 saturated heterocycles. The van der Waals surface area contributed by atoms with Crippen LogP contribution in [-0.2, 0) is 14.9 Å². The van der Waals surface area contributed by atoms with Gasteiger partial charge in [-0.1, -0.05) is 44.2 Å². The zero-order valence-corrected chi connectivity index (χ0v) is 17.6. The molecule has 1 aliphatic heterocycles. The summed E-state index contributed by atoms with van der Waals surface area (Å²) in [6, 6.07) is 11.5. The Balaban J connectivity index is 1.49. The van der Waals surface area contributed by atoms with Gasteiger partial charge in [0.05, 0.1) is 0 Å². The molecule has 0 spiro atoms. The first kappa shape index (κ1) is 19.0. The van der Waals surface area contributed by atoms with Gasteiger partial charge in [-0.25, -0.2) is 0 Å². The van der Waals surface area contributed by atoms with Gasteiger partial charge in [0.1, 0.15) is 11.6 Å². The van der Waals surface area contributed by atoms with Crippen molar-refractivity contribution in [3.63, 3.8) is 0 Å². The van der Waals surface area contributed by atoms with Gasteiger partial charge in [-0.3, -0.25) is 9.69 Å². The van der Waals surface area contributed by atoms with Crippen LogP contribution in [0.3, 0.4) is 0 Å². The third-order valence-electron chi connectivity index (χ3n) is 7.10. The van der Waals surface area contributed by atoms with Gasteiger partial charge < -0.3 is 4.74 Å². The molecule has 3 aliphatic carbocycles. The summed E-state index contributed by atoms with van der Waals surface area (Å²) in [5, 5.41) is 0. The van der Waals surface area contributed by atoms with Crippen LogP contribution < -0.4 is 0 Å². The summed E-state index contributed by atoms with van der Waals surface area (Å²) in [7, 11) is 0. The van der Waals surface area contributed by atoms with Gasteiger partial charge in [0.2, 0.25) is 0 Å². The molecule has 1 aromatic rings. The number of carbonyl (C=O) groups is 1. The van der Waals surface area contributed by atoms with Crippen LogP contribution in [0.2, 0.25) is 0 Å². The summed E-state index contributed by atoms with van der Waals surface area (Å²) in [6.07, 6.45) is 6.33. The highest BCUT2D eigenvalue weighted by Crippen LogP contribution is 2.76. The van der Waals surface area contributed by atoms with Gasteiger partial charge in [-0.05, 0) is 81.7 Å². The number of likely N-dealkylation sites (tertiary alicyclic amines) is 1. The van der Waals surface area contributed by atoms with Crippen molar-refractivity contribution in [3.05, 3.63) is 35.9 Å². The van der Waals surface area contributed by atoms with E-state index in [2.05, 4.69) is 49.1 Å². The molecule has 4 fully saturated rings. The van der Waals surface area contributed by atoms with Crippen molar-refractivity contribution >= 4 is 5.97 Å². The monoisotopic (exact) mass is 369 g/mol. The van der Waals surface area contributed by atoms with Gasteiger partial charge in [0, 0.05) is 6.04 Å². The molecule has 3 heteroatoms. The first-order valence-corrected chi connectivity index (χ1v) is 10.7. The summed E-state index contributed by atoms with van der Waals surface area (Å²) in [4.78, 5) is 15.5. The smallest absolute Gasteiger partial charge is 0.324 e. The Morgan fingerprint density at radius 3 is 2.33 bits per heavy atom. The summed E-state index contributed by atoms with van der Waals surface area (Å²) in [5.41, 5.74) is 1.95. The molecule has 2 bridgehead atoms. The van der Waals surface area contributed by atoms with Gasteiger partial charge in [-0.2, -0.15) is 0 Å². The van der Waals surface area contributed by atoms with E-state index in [9.17, 15) is 4.79 Å². The van der Waals surface area contributed by atoms with Crippen LogP contribution in [-0.4, -0.2) is 35.1 Å². The molecule has 0 radical (unpaired) electrons. The molecule has 3 saturated carbocycles. The molecule has 0 amide bonds. The van der Waals surface area contributed by atoms with E-state index >= 15 is 0 Å². The van der Waals surface area contributed by atoms with Crippen molar-refractivity contribution in [1.82, 2.24) is 4.90 Å². The number of esters is 1. The molecular formula is C24H35NO2. The Hall–Kier alpha value is -1.35. The highest BCUT2D eigenvalue weighted by Gasteiger charge is 2.72. The van der Waals surface area contributed by atoms with E-state index in [1.807, 2.05) is 20.8 Å². The molecular weight excluding hydrogens is 334 g/mol. The lowest BCUT2D eigenvalue weighted by molar-refractivity contribution is -0.195. The first-order chi connectivity index (χ1) is 12.7. The minimum absolute atomic E-state index is 0.0335. The lowest BCUT2D eigenvalue weighted by atomic mass is 9.31. The summed E-state index contributed by atoms with van der Waals surface area (Å²) >= 11 is 0. The highest BCUT2D eigenvalue weighted by atomic mass is 16.6. The molecule has 148 valence electrons. The minimum atomic E-state index is -0.423. The Labute approximate surface area is 164 Å². The third-order valence-corrected chi connectivity index (χ3v) is 7.10. The van der Waals surface area contributed by atoms with Crippen LogP contribution in [0.5, 0.6) is 0 Å². The van der Waals surface area contributed by atoms with Gasteiger partial charge in [0.25, 0.3) is 0 Å². The predicted octanol–water partition coefficient (Wildman–Crippen LogP) is 4.94. The zero-order valence-electron chi connectivity index (χ0n) is 17.6. The van der Waals surface area contributed by atoms with E-state index in [-0.39, 0.29) is 17.9 Å². The van der Waals surface area contributed by atoms with Gasteiger partial charge in [0.15, 0.2) is 0 Å². The molecule has 3 nitrogen and oxygen atoms in total. The Bertz CT molecular complexity index is 683. The largest absolute Gasteiger partial charge is 0.459 e. The van der Waals surface area contributed by atoms with Crippen LogP contribution in [0.15, 0.2) is 30.3 Å². The lowest BCUT2D eigenvalue weighted by Crippen LogP contribution is -2.72. The number of rotatable bonds is 5. The van der Waals surface area contributed by atoms with Crippen molar-refractivity contribution in [1.29, 1.82) is 0 Å². The van der Waals surface area contributed by atoms with Crippen molar-refractivity contribution < 1.29 is 9.53 Å². The average Bonchev–Trinajstić information content (AvgIpc) is 2.92. The van der Waals surface area contributed by atoms with Crippen molar-refractivity contribution in [2.45, 2.75) is 89.8 Å². The van der Waals surface area contributed by atoms with Gasteiger partial charge in [-0.15, -0.1) is 0 Å². The second kappa shape index (κ2) is 6.34. The van der Waals surface area contributed by atoms with Gasteiger partial charge >= 0.3 is 5.97 Å². The fraction of sp³-hybridized carbons (Fsp3) is 0.708. The molecule has 5 rings (SSSR count). The molecule has 1 heterocycles. The predicted molar refractivity (Wildman–Crippen MR) is 109 cm³/mol. The topological polar surface area (TPSA) is 29.5 Å². The second-order valence-electron chi connectivity index (χ2n) is 10.7. The Morgan fingerprint density at radius 2 is 1.78 bits per heavy atom. The van der Waals surface area contributed by atoms with Crippen molar-refractivity contribution in [2.75, 3.05) is 6.54 Å². The quantitative estimate of drug-likeness (QED) is 0.689. The molecule has 27 heavy (non-hydrogen) atoms.